The highest BCUT2D eigenvalue weighted by Crippen LogP contribution is 2.62. The van der Waals surface area contributed by atoms with Crippen molar-refractivity contribution >= 4 is 11.9 Å². The van der Waals surface area contributed by atoms with Crippen LogP contribution >= 0.6 is 0 Å². The fourth-order valence-electron chi connectivity index (χ4n) is 4.10. The summed E-state index contributed by atoms with van der Waals surface area (Å²) in [5.74, 6) is -1.66. The maximum atomic E-state index is 13.1. The molecular weight excluding hydrogens is 348 g/mol. The number of ether oxygens (including phenoxy) is 3. The van der Waals surface area contributed by atoms with Gasteiger partial charge in [-0.05, 0) is 18.1 Å². The molecule has 140 valence electrons. The van der Waals surface area contributed by atoms with E-state index in [1.807, 2.05) is 12.1 Å². The summed E-state index contributed by atoms with van der Waals surface area (Å²) < 4.78 is 16.6. The third kappa shape index (κ3) is 2.33. The van der Waals surface area contributed by atoms with Gasteiger partial charge < -0.3 is 19.3 Å². The Labute approximate surface area is 156 Å². The molecule has 0 bridgehead atoms. The normalized spacial score (nSPS) is 32.0. The lowest BCUT2D eigenvalue weighted by Gasteiger charge is -2.33. The number of hydrogen-bond acceptors (Lipinski definition) is 6. The first kappa shape index (κ1) is 17.7. The van der Waals surface area contributed by atoms with Crippen molar-refractivity contribution in [3.05, 3.63) is 71.8 Å². The zero-order valence-corrected chi connectivity index (χ0v) is 14.8. The molecule has 0 radical (unpaired) electrons. The Morgan fingerprint density at radius 2 is 1.63 bits per heavy atom. The van der Waals surface area contributed by atoms with Crippen LogP contribution in [-0.2, 0) is 23.8 Å². The molecule has 27 heavy (non-hydrogen) atoms. The smallest absolute Gasteiger partial charge is 0.330 e. The first-order chi connectivity index (χ1) is 13.1. The Kier molecular flexibility index (Phi) is 4.25. The van der Waals surface area contributed by atoms with Crippen LogP contribution in [0.3, 0.4) is 0 Å². The number of cyclic esters (lactones) is 1. The van der Waals surface area contributed by atoms with Gasteiger partial charge in [0, 0.05) is 0 Å². The highest BCUT2D eigenvalue weighted by Gasteiger charge is 2.80. The maximum Gasteiger partial charge on any atom is 0.330 e. The van der Waals surface area contributed by atoms with E-state index in [0.717, 1.165) is 0 Å². The van der Waals surface area contributed by atoms with Crippen molar-refractivity contribution in [1.82, 2.24) is 0 Å². The molecule has 0 aromatic heterocycles. The van der Waals surface area contributed by atoms with Crippen LogP contribution in [0.1, 0.15) is 30.3 Å². The molecule has 6 heteroatoms. The van der Waals surface area contributed by atoms with Gasteiger partial charge in [0.25, 0.3) is 0 Å². The van der Waals surface area contributed by atoms with Crippen molar-refractivity contribution in [3.63, 3.8) is 0 Å². The molecule has 0 amide bonds. The average molecular weight is 368 g/mol. The van der Waals surface area contributed by atoms with Crippen LogP contribution < -0.4 is 0 Å². The predicted molar refractivity (Wildman–Crippen MR) is 94.4 cm³/mol. The van der Waals surface area contributed by atoms with E-state index in [0.29, 0.717) is 11.1 Å². The zero-order chi connectivity index (χ0) is 19.1. The van der Waals surface area contributed by atoms with Crippen LogP contribution in [0.25, 0.3) is 0 Å². The van der Waals surface area contributed by atoms with E-state index in [4.69, 9.17) is 14.2 Å². The van der Waals surface area contributed by atoms with E-state index < -0.39 is 35.2 Å². The van der Waals surface area contributed by atoms with Gasteiger partial charge in [-0.15, -0.1) is 0 Å². The van der Waals surface area contributed by atoms with Crippen molar-refractivity contribution < 1.29 is 28.9 Å². The van der Waals surface area contributed by atoms with Crippen molar-refractivity contribution in [2.45, 2.75) is 24.7 Å². The number of carbonyl (C=O) groups excluding carboxylic acids is 2. The van der Waals surface area contributed by atoms with Crippen LogP contribution in [0.15, 0.2) is 60.7 Å². The highest BCUT2D eigenvalue weighted by molar-refractivity contribution is 6.05. The minimum absolute atomic E-state index is 0.0709. The Morgan fingerprint density at radius 1 is 1.07 bits per heavy atom. The SMILES string of the molecule is CCOC(=O)[C@@]12C(=O)O[C@H](c3ccccc3)[C@]1(O)CO[C@@H]2c1ccccc1. The van der Waals surface area contributed by atoms with Crippen molar-refractivity contribution in [3.8, 4) is 0 Å². The predicted octanol–water partition coefficient (Wildman–Crippen LogP) is 2.34. The van der Waals surface area contributed by atoms with Crippen molar-refractivity contribution in [2.75, 3.05) is 13.2 Å². The number of fused-ring (bicyclic) bond motifs is 1. The van der Waals surface area contributed by atoms with Gasteiger partial charge in [0.1, 0.15) is 6.10 Å². The number of benzene rings is 2. The average Bonchev–Trinajstić information content (AvgIpc) is 3.13. The number of carbonyl (C=O) groups is 2. The second-order valence-electron chi connectivity index (χ2n) is 6.75. The molecule has 2 aliphatic heterocycles. The van der Waals surface area contributed by atoms with Gasteiger partial charge in [-0.1, -0.05) is 60.7 Å². The number of hydrogen-bond donors (Lipinski definition) is 1. The Morgan fingerprint density at radius 3 is 2.19 bits per heavy atom. The standard InChI is InChI=1S/C21H20O6/c1-2-25-18(22)21-17(15-11-7-4-8-12-15)26-13-20(21,24)16(27-19(21)23)14-9-5-3-6-10-14/h3-12,16-17,24H,2,13H2,1H3/t16-,17-,20-,21+/m1/s1. The molecule has 0 aliphatic carbocycles. The van der Waals surface area contributed by atoms with E-state index in [9.17, 15) is 14.7 Å². The van der Waals surface area contributed by atoms with Crippen LogP contribution in [0, 0.1) is 5.41 Å². The molecule has 0 saturated carbocycles. The highest BCUT2D eigenvalue weighted by atomic mass is 16.6. The van der Waals surface area contributed by atoms with E-state index in [1.165, 1.54) is 0 Å². The van der Waals surface area contributed by atoms with Crippen LogP contribution in [0.2, 0.25) is 0 Å². The summed E-state index contributed by atoms with van der Waals surface area (Å²) in [4.78, 5) is 26.2. The van der Waals surface area contributed by atoms with Gasteiger partial charge in [-0.3, -0.25) is 9.59 Å². The second-order valence-corrected chi connectivity index (χ2v) is 6.75. The molecule has 6 nitrogen and oxygen atoms in total. The third-order valence-electron chi connectivity index (χ3n) is 5.33. The molecular formula is C21H20O6. The number of aliphatic hydroxyl groups is 1. The molecule has 4 rings (SSSR count). The van der Waals surface area contributed by atoms with Crippen LogP contribution in [0.5, 0.6) is 0 Å². The topological polar surface area (TPSA) is 82.1 Å². The molecule has 2 fully saturated rings. The summed E-state index contributed by atoms with van der Waals surface area (Å²) in [6, 6.07) is 17.7. The van der Waals surface area contributed by atoms with Crippen LogP contribution in [0.4, 0.5) is 0 Å². The first-order valence-corrected chi connectivity index (χ1v) is 8.88. The molecule has 0 unspecified atom stereocenters. The summed E-state index contributed by atoms with van der Waals surface area (Å²) >= 11 is 0. The third-order valence-corrected chi connectivity index (χ3v) is 5.33. The monoisotopic (exact) mass is 368 g/mol. The lowest BCUT2D eigenvalue weighted by molar-refractivity contribution is -0.174. The molecule has 4 atom stereocenters. The zero-order valence-electron chi connectivity index (χ0n) is 14.8. The molecule has 1 N–H and O–H groups in total. The molecule has 2 aromatic carbocycles. The summed E-state index contributed by atoms with van der Waals surface area (Å²) in [7, 11) is 0. The van der Waals surface area contributed by atoms with Gasteiger partial charge in [-0.2, -0.15) is 0 Å². The van der Waals surface area contributed by atoms with Crippen molar-refractivity contribution in [1.29, 1.82) is 0 Å². The van der Waals surface area contributed by atoms with E-state index >= 15 is 0 Å². The minimum atomic E-state index is -1.98. The Balaban J connectivity index is 1.88. The van der Waals surface area contributed by atoms with Crippen LogP contribution in [-0.4, -0.2) is 35.9 Å². The molecule has 2 aliphatic rings. The molecule has 0 spiro atoms. The maximum absolute atomic E-state index is 13.1. The minimum Gasteiger partial charge on any atom is -0.465 e. The fraction of sp³-hybridized carbons (Fsp3) is 0.333. The summed E-state index contributed by atoms with van der Waals surface area (Å²) in [6.45, 7) is 1.49. The largest absolute Gasteiger partial charge is 0.465 e. The quantitative estimate of drug-likeness (QED) is 0.659. The van der Waals surface area contributed by atoms with Gasteiger partial charge in [-0.25, -0.2) is 0 Å². The summed E-state index contributed by atoms with van der Waals surface area (Å²) in [5.41, 5.74) is -2.66. The lowest BCUT2D eigenvalue weighted by atomic mass is 9.67. The molecule has 2 saturated heterocycles. The Bertz CT molecular complexity index is 851. The van der Waals surface area contributed by atoms with E-state index in [-0.39, 0.29) is 13.2 Å². The fourth-order valence-corrected chi connectivity index (χ4v) is 4.10. The van der Waals surface area contributed by atoms with E-state index in [2.05, 4.69) is 0 Å². The first-order valence-electron chi connectivity index (χ1n) is 8.88. The van der Waals surface area contributed by atoms with E-state index in [1.54, 1.807) is 55.5 Å². The van der Waals surface area contributed by atoms with Gasteiger partial charge in [0.15, 0.2) is 11.7 Å². The summed E-state index contributed by atoms with van der Waals surface area (Å²) in [5, 5.41) is 11.6. The second kappa shape index (κ2) is 6.48. The Hall–Kier alpha value is -2.70. The van der Waals surface area contributed by atoms with Gasteiger partial charge in [0.2, 0.25) is 5.41 Å². The number of rotatable bonds is 4. The molecule has 2 heterocycles. The summed E-state index contributed by atoms with van der Waals surface area (Å²) in [6.07, 6.45) is -2.02. The van der Waals surface area contributed by atoms with Crippen molar-refractivity contribution in [2.24, 2.45) is 5.41 Å². The lowest BCUT2D eigenvalue weighted by Crippen LogP contribution is -2.55. The van der Waals surface area contributed by atoms with Gasteiger partial charge in [0.05, 0.1) is 13.2 Å². The number of esters is 2. The molecule has 2 aromatic rings. The van der Waals surface area contributed by atoms with Gasteiger partial charge >= 0.3 is 11.9 Å².